The van der Waals surface area contributed by atoms with Crippen molar-refractivity contribution in [1.29, 1.82) is 0 Å². The molecule has 0 radical (unpaired) electrons. The molecule has 1 saturated carbocycles. The van der Waals surface area contributed by atoms with Crippen molar-refractivity contribution in [3.8, 4) is 0 Å². The molecule has 1 aliphatic carbocycles. The SMILES string of the molecule is CC1CN(C(=O)CSc2nncn2C2CC2)CCC1O. The van der Waals surface area contributed by atoms with Gasteiger partial charge in [0, 0.05) is 19.1 Å². The number of rotatable bonds is 4. The van der Waals surface area contributed by atoms with E-state index in [-0.39, 0.29) is 17.9 Å². The van der Waals surface area contributed by atoms with Gasteiger partial charge >= 0.3 is 0 Å². The summed E-state index contributed by atoms with van der Waals surface area (Å²) in [4.78, 5) is 14.1. The zero-order chi connectivity index (χ0) is 14.1. The number of aliphatic hydroxyl groups is 1. The molecule has 1 aromatic rings. The van der Waals surface area contributed by atoms with Gasteiger partial charge in [0.1, 0.15) is 6.33 Å². The Balaban J connectivity index is 1.53. The van der Waals surface area contributed by atoms with Gasteiger partial charge in [-0.1, -0.05) is 18.7 Å². The molecule has 2 atom stereocenters. The second-order valence-corrected chi connectivity index (χ2v) is 6.66. The number of hydrogen-bond acceptors (Lipinski definition) is 5. The van der Waals surface area contributed by atoms with Crippen molar-refractivity contribution >= 4 is 17.7 Å². The lowest BCUT2D eigenvalue weighted by Crippen LogP contribution is -2.45. The number of thioether (sulfide) groups is 1. The molecular formula is C13H20N4O2S. The molecule has 110 valence electrons. The Kier molecular flexibility index (Phi) is 3.98. The number of nitrogens with zero attached hydrogens (tertiary/aromatic N) is 4. The van der Waals surface area contributed by atoms with E-state index >= 15 is 0 Å². The molecule has 7 heteroatoms. The summed E-state index contributed by atoms with van der Waals surface area (Å²) in [5.41, 5.74) is 0. The Bertz CT molecular complexity index is 488. The minimum Gasteiger partial charge on any atom is -0.393 e. The number of piperidine rings is 1. The summed E-state index contributed by atoms with van der Waals surface area (Å²) >= 11 is 1.46. The number of hydrogen-bond donors (Lipinski definition) is 1. The van der Waals surface area contributed by atoms with E-state index in [4.69, 9.17) is 0 Å². The molecule has 2 aliphatic rings. The Morgan fingerprint density at radius 1 is 1.50 bits per heavy atom. The normalized spacial score (nSPS) is 26.8. The first-order valence-corrected chi connectivity index (χ1v) is 8.12. The first-order valence-electron chi connectivity index (χ1n) is 7.13. The number of aromatic nitrogens is 3. The van der Waals surface area contributed by atoms with Gasteiger partial charge in [-0.3, -0.25) is 4.79 Å². The maximum absolute atomic E-state index is 12.2. The number of amides is 1. The van der Waals surface area contributed by atoms with Gasteiger partial charge in [-0.15, -0.1) is 10.2 Å². The Morgan fingerprint density at radius 3 is 3.00 bits per heavy atom. The quantitative estimate of drug-likeness (QED) is 0.837. The number of carbonyl (C=O) groups is 1. The molecule has 1 N–H and O–H groups in total. The maximum atomic E-state index is 12.2. The van der Waals surface area contributed by atoms with Crippen molar-refractivity contribution in [2.24, 2.45) is 5.92 Å². The maximum Gasteiger partial charge on any atom is 0.233 e. The van der Waals surface area contributed by atoms with Gasteiger partial charge in [0.2, 0.25) is 5.91 Å². The molecule has 3 rings (SSSR count). The van der Waals surface area contributed by atoms with Crippen LogP contribution in [-0.2, 0) is 4.79 Å². The van der Waals surface area contributed by atoms with Crippen molar-refractivity contribution in [2.75, 3.05) is 18.8 Å². The highest BCUT2D eigenvalue weighted by Crippen LogP contribution is 2.37. The molecule has 20 heavy (non-hydrogen) atoms. The van der Waals surface area contributed by atoms with Crippen LogP contribution in [0.4, 0.5) is 0 Å². The lowest BCUT2D eigenvalue weighted by atomic mass is 9.97. The molecule has 2 fully saturated rings. The smallest absolute Gasteiger partial charge is 0.233 e. The minimum absolute atomic E-state index is 0.124. The summed E-state index contributed by atoms with van der Waals surface area (Å²) in [6.45, 7) is 3.29. The van der Waals surface area contributed by atoms with Crippen molar-refractivity contribution in [3.63, 3.8) is 0 Å². The molecule has 0 bridgehead atoms. The summed E-state index contributed by atoms with van der Waals surface area (Å²) in [5.74, 6) is 0.681. The third-order valence-corrected chi connectivity index (χ3v) is 4.96. The second-order valence-electron chi connectivity index (χ2n) is 5.71. The molecule has 1 saturated heterocycles. The average molecular weight is 296 g/mol. The van der Waals surface area contributed by atoms with Crippen molar-refractivity contribution in [2.45, 2.75) is 43.5 Å². The molecule has 1 aromatic heterocycles. The molecule has 6 nitrogen and oxygen atoms in total. The second kappa shape index (κ2) is 5.73. The number of carbonyl (C=O) groups excluding carboxylic acids is 1. The van der Waals surface area contributed by atoms with E-state index in [0.717, 1.165) is 5.16 Å². The first kappa shape index (κ1) is 13.9. The van der Waals surface area contributed by atoms with Gasteiger partial charge in [0.05, 0.1) is 11.9 Å². The molecule has 2 heterocycles. The van der Waals surface area contributed by atoms with Crippen LogP contribution in [0.25, 0.3) is 0 Å². The molecule has 2 unspecified atom stereocenters. The van der Waals surface area contributed by atoms with Gasteiger partial charge in [0.15, 0.2) is 5.16 Å². The number of likely N-dealkylation sites (tertiary alicyclic amines) is 1. The summed E-state index contributed by atoms with van der Waals surface area (Å²) in [5, 5.41) is 18.6. The van der Waals surface area contributed by atoms with Crippen LogP contribution in [0.15, 0.2) is 11.5 Å². The van der Waals surface area contributed by atoms with Gasteiger partial charge in [-0.05, 0) is 25.2 Å². The third kappa shape index (κ3) is 2.98. The lowest BCUT2D eigenvalue weighted by Gasteiger charge is -2.34. The molecule has 1 aliphatic heterocycles. The minimum atomic E-state index is -0.273. The van der Waals surface area contributed by atoms with Gasteiger partial charge in [-0.2, -0.15) is 0 Å². The van der Waals surface area contributed by atoms with Crippen LogP contribution in [-0.4, -0.2) is 55.6 Å². The fourth-order valence-electron chi connectivity index (χ4n) is 2.52. The van der Waals surface area contributed by atoms with Crippen molar-refractivity contribution < 1.29 is 9.90 Å². The number of aliphatic hydroxyl groups excluding tert-OH is 1. The fraction of sp³-hybridized carbons (Fsp3) is 0.769. The van der Waals surface area contributed by atoms with E-state index < -0.39 is 0 Å². The van der Waals surface area contributed by atoms with Crippen LogP contribution >= 0.6 is 11.8 Å². The highest BCUT2D eigenvalue weighted by molar-refractivity contribution is 7.99. The highest BCUT2D eigenvalue weighted by Gasteiger charge is 2.29. The summed E-state index contributed by atoms with van der Waals surface area (Å²) in [7, 11) is 0. The van der Waals surface area contributed by atoms with E-state index in [2.05, 4.69) is 14.8 Å². The molecular weight excluding hydrogens is 276 g/mol. The van der Waals surface area contributed by atoms with E-state index in [1.807, 2.05) is 11.8 Å². The van der Waals surface area contributed by atoms with Crippen LogP contribution in [0.5, 0.6) is 0 Å². The van der Waals surface area contributed by atoms with Crippen LogP contribution in [0.1, 0.15) is 32.2 Å². The largest absolute Gasteiger partial charge is 0.393 e. The van der Waals surface area contributed by atoms with E-state index in [1.54, 1.807) is 6.33 Å². The Morgan fingerprint density at radius 2 is 2.30 bits per heavy atom. The molecule has 0 aromatic carbocycles. The highest BCUT2D eigenvalue weighted by atomic mass is 32.2. The zero-order valence-corrected chi connectivity index (χ0v) is 12.4. The summed E-state index contributed by atoms with van der Waals surface area (Å²) in [6, 6.07) is 0.535. The molecule has 0 spiro atoms. The van der Waals surface area contributed by atoms with Crippen LogP contribution in [0.3, 0.4) is 0 Å². The predicted molar refractivity (Wildman–Crippen MR) is 75.4 cm³/mol. The van der Waals surface area contributed by atoms with Gasteiger partial charge in [-0.25, -0.2) is 0 Å². The van der Waals surface area contributed by atoms with Crippen LogP contribution in [0.2, 0.25) is 0 Å². The molecule has 1 amide bonds. The van der Waals surface area contributed by atoms with Crippen LogP contribution in [0, 0.1) is 5.92 Å². The fourth-order valence-corrected chi connectivity index (χ4v) is 3.40. The monoisotopic (exact) mass is 296 g/mol. The Hall–Kier alpha value is -1.08. The standard InChI is InChI=1S/C13H20N4O2S/c1-9-6-16(5-4-11(9)18)12(19)7-20-13-15-14-8-17(13)10-2-3-10/h8-11,18H,2-7H2,1H3. The summed E-state index contributed by atoms with van der Waals surface area (Å²) < 4.78 is 2.07. The topological polar surface area (TPSA) is 71.2 Å². The van der Waals surface area contributed by atoms with Crippen molar-refractivity contribution in [1.82, 2.24) is 19.7 Å². The Labute approximate surface area is 122 Å². The first-order chi connectivity index (χ1) is 9.65. The van der Waals surface area contributed by atoms with Crippen LogP contribution < -0.4 is 0 Å². The zero-order valence-electron chi connectivity index (χ0n) is 11.6. The van der Waals surface area contributed by atoms with Gasteiger partial charge in [0.25, 0.3) is 0 Å². The predicted octanol–water partition coefficient (Wildman–Crippen LogP) is 0.934. The lowest BCUT2D eigenvalue weighted by molar-refractivity contribution is -0.131. The van der Waals surface area contributed by atoms with Gasteiger partial charge < -0.3 is 14.6 Å². The van der Waals surface area contributed by atoms with E-state index in [1.165, 1.54) is 24.6 Å². The van der Waals surface area contributed by atoms with Crippen molar-refractivity contribution in [3.05, 3.63) is 6.33 Å². The van der Waals surface area contributed by atoms with E-state index in [9.17, 15) is 9.90 Å². The third-order valence-electron chi connectivity index (χ3n) is 4.02. The van der Waals surface area contributed by atoms with E-state index in [0.29, 0.717) is 31.3 Å². The summed E-state index contributed by atoms with van der Waals surface area (Å²) in [6.07, 6.45) is 4.52. The average Bonchev–Trinajstić information content (AvgIpc) is 3.18.